The monoisotopic (exact) mass is 384 g/mol. The molecule has 3 heterocycles. The van der Waals surface area contributed by atoms with E-state index >= 15 is 0 Å². The first-order chi connectivity index (χ1) is 13.6. The number of amides is 2. The maximum Gasteiger partial charge on any atom is 0.254 e. The van der Waals surface area contributed by atoms with E-state index in [2.05, 4.69) is 4.98 Å². The van der Waals surface area contributed by atoms with Gasteiger partial charge in [-0.15, -0.1) is 0 Å². The number of nitrogens with one attached hydrogen (secondary N) is 1. The van der Waals surface area contributed by atoms with Crippen molar-refractivity contribution in [3.63, 3.8) is 0 Å². The average molecular weight is 384 g/mol. The Kier molecular flexibility index (Phi) is 4.48. The summed E-state index contributed by atoms with van der Waals surface area (Å²) in [7, 11) is 0. The van der Waals surface area contributed by atoms with Gasteiger partial charge < -0.3 is 14.8 Å². The second kappa shape index (κ2) is 7.01. The summed E-state index contributed by atoms with van der Waals surface area (Å²) in [4.78, 5) is 49.3. The Labute approximate surface area is 164 Å². The molecule has 0 aromatic carbocycles. The van der Waals surface area contributed by atoms with Crippen LogP contribution in [-0.4, -0.2) is 51.2 Å². The van der Waals surface area contributed by atoms with Gasteiger partial charge in [0.1, 0.15) is 5.82 Å². The van der Waals surface area contributed by atoms with Crippen LogP contribution >= 0.6 is 0 Å². The molecule has 2 amide bonds. The lowest BCUT2D eigenvalue weighted by atomic mass is 10.0. The van der Waals surface area contributed by atoms with Crippen molar-refractivity contribution >= 4 is 11.8 Å². The summed E-state index contributed by atoms with van der Waals surface area (Å²) in [5, 5.41) is 0. The summed E-state index contributed by atoms with van der Waals surface area (Å²) < 4.78 is 0. The normalized spacial score (nSPS) is 25.2. The molecule has 1 N–H and O–H groups in total. The molecule has 2 saturated carbocycles. The van der Waals surface area contributed by atoms with Gasteiger partial charge in [-0.25, -0.2) is 4.98 Å². The molecule has 2 aliphatic carbocycles. The molecule has 7 heteroatoms. The smallest absolute Gasteiger partial charge is 0.254 e. The zero-order valence-corrected chi connectivity index (χ0v) is 16.3. The van der Waals surface area contributed by atoms with Crippen molar-refractivity contribution in [2.45, 2.75) is 63.8 Å². The van der Waals surface area contributed by atoms with E-state index in [1.165, 1.54) is 0 Å². The second-order valence-corrected chi connectivity index (χ2v) is 8.91. The molecule has 0 bridgehead atoms. The first kappa shape index (κ1) is 17.9. The summed E-state index contributed by atoms with van der Waals surface area (Å²) in [5.41, 5.74) is 1.40. The number of rotatable bonds is 3. The lowest BCUT2D eigenvalue weighted by Gasteiger charge is -2.28. The number of aromatic nitrogens is 2. The molecule has 0 unspecified atom stereocenters. The van der Waals surface area contributed by atoms with E-state index in [0.717, 1.165) is 62.7 Å². The average Bonchev–Trinajstić information content (AvgIpc) is 3.20. The Morgan fingerprint density at radius 2 is 1.64 bits per heavy atom. The van der Waals surface area contributed by atoms with Crippen LogP contribution in [0.25, 0.3) is 0 Å². The Morgan fingerprint density at radius 1 is 0.929 bits per heavy atom. The van der Waals surface area contributed by atoms with Gasteiger partial charge in [-0.3, -0.25) is 14.4 Å². The van der Waals surface area contributed by atoms with Gasteiger partial charge in [-0.2, -0.15) is 0 Å². The van der Waals surface area contributed by atoms with E-state index < -0.39 is 0 Å². The summed E-state index contributed by atoms with van der Waals surface area (Å²) in [6, 6.07) is 0. The van der Waals surface area contributed by atoms with Gasteiger partial charge in [0.15, 0.2) is 0 Å². The molecule has 5 rings (SSSR count). The quantitative estimate of drug-likeness (QED) is 0.857. The van der Waals surface area contributed by atoms with Gasteiger partial charge in [0, 0.05) is 43.0 Å². The third-order valence-electron chi connectivity index (χ3n) is 6.92. The summed E-state index contributed by atoms with van der Waals surface area (Å²) in [6.07, 6.45) is 7.73. The van der Waals surface area contributed by atoms with Crippen LogP contribution in [0, 0.1) is 11.8 Å². The zero-order chi connectivity index (χ0) is 19.3. The SMILES string of the molecule is O=C(C1CC1)N1CCc2c(nc([C@@H]3CCN(C(=O)C4CCCC4)C3)[nH]c2=O)C1. The fraction of sp³-hybridized carbons (Fsp3) is 0.714. The van der Waals surface area contributed by atoms with Crippen LogP contribution in [0.3, 0.4) is 0 Å². The predicted octanol–water partition coefficient (Wildman–Crippen LogP) is 1.57. The lowest BCUT2D eigenvalue weighted by Crippen LogP contribution is -2.40. The summed E-state index contributed by atoms with van der Waals surface area (Å²) in [6.45, 7) is 2.44. The van der Waals surface area contributed by atoms with Crippen molar-refractivity contribution in [2.24, 2.45) is 11.8 Å². The molecule has 28 heavy (non-hydrogen) atoms. The van der Waals surface area contributed by atoms with Gasteiger partial charge in [0.2, 0.25) is 11.8 Å². The van der Waals surface area contributed by atoms with E-state index in [0.29, 0.717) is 31.9 Å². The van der Waals surface area contributed by atoms with E-state index in [4.69, 9.17) is 4.98 Å². The standard InChI is InChI=1S/C21H28N4O3/c26-19-16-8-10-25(21(28)14-5-6-14)12-17(16)22-18(23-19)15-7-9-24(11-15)20(27)13-3-1-2-4-13/h13-15H,1-12H2,(H,22,23,26)/t15-/m1/s1. The van der Waals surface area contributed by atoms with Crippen molar-refractivity contribution in [2.75, 3.05) is 19.6 Å². The van der Waals surface area contributed by atoms with Crippen LogP contribution in [0.4, 0.5) is 0 Å². The Morgan fingerprint density at radius 3 is 2.39 bits per heavy atom. The van der Waals surface area contributed by atoms with Crippen LogP contribution < -0.4 is 5.56 Å². The third-order valence-corrected chi connectivity index (χ3v) is 6.92. The number of carbonyl (C=O) groups is 2. The number of nitrogens with zero attached hydrogens (tertiary/aromatic N) is 3. The van der Waals surface area contributed by atoms with Crippen molar-refractivity contribution in [1.29, 1.82) is 0 Å². The highest BCUT2D eigenvalue weighted by Gasteiger charge is 2.37. The highest BCUT2D eigenvalue weighted by atomic mass is 16.2. The van der Waals surface area contributed by atoms with Gasteiger partial charge >= 0.3 is 0 Å². The van der Waals surface area contributed by atoms with Gasteiger partial charge in [-0.05, 0) is 38.5 Å². The first-order valence-corrected chi connectivity index (χ1v) is 10.8. The van der Waals surface area contributed by atoms with Crippen LogP contribution in [-0.2, 0) is 22.6 Å². The third kappa shape index (κ3) is 3.25. The highest BCUT2D eigenvalue weighted by molar-refractivity contribution is 5.81. The number of aromatic amines is 1. The van der Waals surface area contributed by atoms with Crippen molar-refractivity contribution in [1.82, 2.24) is 19.8 Å². The molecule has 4 aliphatic rings. The highest BCUT2D eigenvalue weighted by Crippen LogP contribution is 2.33. The van der Waals surface area contributed by atoms with Crippen LogP contribution in [0.2, 0.25) is 0 Å². The number of likely N-dealkylation sites (tertiary alicyclic amines) is 1. The van der Waals surface area contributed by atoms with Gasteiger partial charge in [-0.1, -0.05) is 12.8 Å². The number of hydrogen-bond acceptors (Lipinski definition) is 4. The largest absolute Gasteiger partial charge is 0.342 e. The minimum Gasteiger partial charge on any atom is -0.342 e. The molecule has 7 nitrogen and oxygen atoms in total. The number of hydrogen-bond donors (Lipinski definition) is 1. The minimum absolute atomic E-state index is 0.0703. The van der Waals surface area contributed by atoms with Crippen molar-refractivity contribution in [3.8, 4) is 0 Å². The molecule has 2 aliphatic heterocycles. The molecule has 0 spiro atoms. The van der Waals surface area contributed by atoms with Crippen LogP contribution in [0.1, 0.15) is 67.9 Å². The molecule has 3 fully saturated rings. The second-order valence-electron chi connectivity index (χ2n) is 8.91. The first-order valence-electron chi connectivity index (χ1n) is 10.8. The molecule has 150 valence electrons. The van der Waals surface area contributed by atoms with Gasteiger partial charge in [0.25, 0.3) is 5.56 Å². The maximum absolute atomic E-state index is 12.7. The Hall–Kier alpha value is -2.18. The molecular formula is C21H28N4O3. The van der Waals surface area contributed by atoms with Crippen molar-refractivity contribution < 1.29 is 9.59 Å². The number of fused-ring (bicyclic) bond motifs is 1. The summed E-state index contributed by atoms with van der Waals surface area (Å²) in [5.74, 6) is 1.64. The van der Waals surface area contributed by atoms with E-state index in [1.807, 2.05) is 9.80 Å². The van der Waals surface area contributed by atoms with Crippen LogP contribution in [0.15, 0.2) is 4.79 Å². The predicted molar refractivity (Wildman–Crippen MR) is 103 cm³/mol. The topological polar surface area (TPSA) is 86.4 Å². The minimum atomic E-state index is -0.0703. The summed E-state index contributed by atoms with van der Waals surface area (Å²) >= 11 is 0. The Balaban J connectivity index is 1.32. The van der Waals surface area contributed by atoms with E-state index in [9.17, 15) is 14.4 Å². The van der Waals surface area contributed by atoms with E-state index in [-0.39, 0.29) is 35.1 Å². The molecule has 1 aromatic heterocycles. The molecule has 0 radical (unpaired) electrons. The van der Waals surface area contributed by atoms with E-state index in [1.54, 1.807) is 0 Å². The molecule has 1 saturated heterocycles. The zero-order valence-electron chi connectivity index (χ0n) is 16.3. The van der Waals surface area contributed by atoms with Crippen molar-refractivity contribution in [3.05, 3.63) is 27.4 Å². The maximum atomic E-state index is 12.7. The Bertz CT molecular complexity index is 854. The van der Waals surface area contributed by atoms with Gasteiger partial charge in [0.05, 0.1) is 12.2 Å². The molecular weight excluding hydrogens is 356 g/mol. The fourth-order valence-electron chi connectivity index (χ4n) is 5.04. The number of H-pyrrole nitrogens is 1. The fourth-order valence-corrected chi connectivity index (χ4v) is 5.04. The molecule has 1 aromatic rings. The van der Waals surface area contributed by atoms with Crippen LogP contribution in [0.5, 0.6) is 0 Å². The lowest BCUT2D eigenvalue weighted by molar-refractivity contribution is -0.134. The number of carbonyl (C=O) groups excluding carboxylic acids is 2. The molecule has 1 atom stereocenters.